The molecule has 1 amide bonds. The lowest BCUT2D eigenvalue weighted by Crippen LogP contribution is -2.37. The summed E-state index contributed by atoms with van der Waals surface area (Å²) in [6.07, 6.45) is 0.877. The number of rotatable bonds is 5. The van der Waals surface area contributed by atoms with Crippen LogP contribution in [0.15, 0.2) is 23.2 Å². The molecular formula is C19H30N4O3. The van der Waals surface area contributed by atoms with Gasteiger partial charge in [0.2, 0.25) is 5.91 Å². The predicted octanol–water partition coefficient (Wildman–Crippen LogP) is 2.39. The first-order valence-corrected chi connectivity index (χ1v) is 9.13. The number of guanidine groups is 1. The van der Waals surface area contributed by atoms with Crippen molar-refractivity contribution in [2.75, 3.05) is 38.2 Å². The lowest BCUT2D eigenvalue weighted by atomic mass is 9.96. The van der Waals surface area contributed by atoms with E-state index in [1.165, 1.54) is 0 Å². The number of carbonyl (C=O) groups excluding carboxylic acids is 1. The summed E-state index contributed by atoms with van der Waals surface area (Å²) in [7, 11) is 0. The molecule has 1 aromatic carbocycles. The molecule has 1 aliphatic rings. The molecule has 1 heterocycles. The van der Waals surface area contributed by atoms with Crippen LogP contribution in [-0.2, 0) is 4.79 Å². The van der Waals surface area contributed by atoms with Crippen molar-refractivity contribution in [1.29, 1.82) is 0 Å². The van der Waals surface area contributed by atoms with Crippen LogP contribution in [0.4, 0.5) is 5.69 Å². The average molecular weight is 362 g/mol. The molecular weight excluding hydrogens is 332 g/mol. The van der Waals surface area contributed by atoms with Crippen molar-refractivity contribution >= 4 is 17.6 Å². The van der Waals surface area contributed by atoms with Crippen molar-refractivity contribution in [2.24, 2.45) is 10.4 Å². The third-order valence-corrected chi connectivity index (χ3v) is 3.70. The largest absolute Gasteiger partial charge is 0.490 e. The molecule has 0 saturated carbocycles. The van der Waals surface area contributed by atoms with Gasteiger partial charge in [0, 0.05) is 36.7 Å². The number of anilines is 1. The molecule has 3 N–H and O–H groups in total. The van der Waals surface area contributed by atoms with Gasteiger partial charge in [-0.15, -0.1) is 0 Å². The number of hydrogen-bond acceptors (Lipinski definition) is 4. The van der Waals surface area contributed by atoms with Crippen LogP contribution < -0.4 is 25.4 Å². The molecule has 0 atom stereocenters. The predicted molar refractivity (Wildman–Crippen MR) is 104 cm³/mol. The Hall–Kier alpha value is -2.44. The third kappa shape index (κ3) is 6.13. The Morgan fingerprint density at radius 3 is 2.58 bits per heavy atom. The van der Waals surface area contributed by atoms with Crippen LogP contribution in [-0.4, -0.2) is 44.7 Å². The summed E-state index contributed by atoms with van der Waals surface area (Å²) in [6, 6.07) is 5.74. The minimum Gasteiger partial charge on any atom is -0.490 e. The number of nitrogens with one attached hydrogen (secondary N) is 3. The Kier molecular flexibility index (Phi) is 7.12. The number of nitrogens with zero attached hydrogens (tertiary/aromatic N) is 1. The van der Waals surface area contributed by atoms with Gasteiger partial charge in [0.05, 0.1) is 19.8 Å². The van der Waals surface area contributed by atoms with Crippen molar-refractivity contribution < 1.29 is 14.3 Å². The van der Waals surface area contributed by atoms with Crippen LogP contribution in [0.2, 0.25) is 0 Å². The zero-order valence-electron chi connectivity index (χ0n) is 16.1. The van der Waals surface area contributed by atoms with E-state index in [0.717, 1.165) is 30.2 Å². The molecule has 7 heteroatoms. The highest BCUT2D eigenvalue weighted by atomic mass is 16.5. The van der Waals surface area contributed by atoms with E-state index >= 15 is 0 Å². The number of aliphatic imine (C=N–C) groups is 1. The summed E-state index contributed by atoms with van der Waals surface area (Å²) < 4.78 is 11.4. The standard InChI is InChI=1S/C19H30N4O3/c1-5-20-18(22-10-9-21-17(24)19(2,3)4)23-14-7-8-15-16(13-14)26-12-6-11-25-15/h7-8,13H,5-6,9-12H2,1-4H3,(H,21,24)(H2,20,22,23). The fourth-order valence-electron chi connectivity index (χ4n) is 2.29. The summed E-state index contributed by atoms with van der Waals surface area (Å²) in [5.41, 5.74) is 0.476. The van der Waals surface area contributed by atoms with Crippen LogP contribution in [0.1, 0.15) is 34.1 Å². The topological polar surface area (TPSA) is 84.0 Å². The summed E-state index contributed by atoms with van der Waals surface area (Å²) in [4.78, 5) is 16.4. The van der Waals surface area contributed by atoms with Crippen LogP contribution >= 0.6 is 0 Å². The molecule has 0 aromatic heterocycles. The first kappa shape index (κ1) is 19.9. The number of fused-ring (bicyclic) bond motifs is 1. The molecule has 2 rings (SSSR count). The summed E-state index contributed by atoms with van der Waals surface area (Å²) in [5, 5.41) is 9.35. The molecule has 0 fully saturated rings. The maximum atomic E-state index is 11.9. The van der Waals surface area contributed by atoms with Crippen LogP contribution in [0, 0.1) is 5.41 Å². The average Bonchev–Trinajstić information content (AvgIpc) is 2.82. The van der Waals surface area contributed by atoms with E-state index in [9.17, 15) is 4.79 Å². The minimum atomic E-state index is -0.392. The second-order valence-corrected chi connectivity index (χ2v) is 7.10. The number of ether oxygens (including phenoxy) is 2. The molecule has 0 unspecified atom stereocenters. The highest BCUT2D eigenvalue weighted by molar-refractivity contribution is 5.94. The Bertz CT molecular complexity index is 638. The molecule has 0 radical (unpaired) electrons. The fourth-order valence-corrected chi connectivity index (χ4v) is 2.29. The van der Waals surface area contributed by atoms with Crippen molar-refractivity contribution in [3.05, 3.63) is 18.2 Å². The van der Waals surface area contributed by atoms with Crippen molar-refractivity contribution in [2.45, 2.75) is 34.1 Å². The summed E-state index contributed by atoms with van der Waals surface area (Å²) in [5.74, 6) is 2.18. The molecule has 0 saturated heterocycles. The lowest BCUT2D eigenvalue weighted by Gasteiger charge is -2.17. The van der Waals surface area contributed by atoms with Gasteiger partial charge in [-0.05, 0) is 19.1 Å². The van der Waals surface area contributed by atoms with Crippen molar-refractivity contribution in [1.82, 2.24) is 10.6 Å². The third-order valence-electron chi connectivity index (χ3n) is 3.70. The first-order valence-electron chi connectivity index (χ1n) is 9.13. The second kappa shape index (κ2) is 9.31. The Morgan fingerprint density at radius 2 is 1.88 bits per heavy atom. The molecule has 1 aliphatic heterocycles. The van der Waals surface area contributed by atoms with Gasteiger partial charge in [-0.1, -0.05) is 20.8 Å². The Morgan fingerprint density at radius 1 is 1.15 bits per heavy atom. The smallest absolute Gasteiger partial charge is 0.225 e. The monoisotopic (exact) mass is 362 g/mol. The van der Waals surface area contributed by atoms with Crippen LogP contribution in [0.25, 0.3) is 0 Å². The molecule has 26 heavy (non-hydrogen) atoms. The molecule has 1 aromatic rings. The number of hydrogen-bond donors (Lipinski definition) is 3. The number of benzene rings is 1. The van der Waals surface area contributed by atoms with E-state index < -0.39 is 5.41 Å². The van der Waals surface area contributed by atoms with Gasteiger partial charge in [-0.25, -0.2) is 0 Å². The van der Waals surface area contributed by atoms with Crippen molar-refractivity contribution in [3.8, 4) is 11.5 Å². The van der Waals surface area contributed by atoms with Crippen LogP contribution in [0.3, 0.4) is 0 Å². The van der Waals surface area contributed by atoms with Gasteiger partial charge in [-0.2, -0.15) is 0 Å². The highest BCUT2D eigenvalue weighted by Crippen LogP contribution is 2.32. The zero-order valence-corrected chi connectivity index (χ0v) is 16.1. The second-order valence-electron chi connectivity index (χ2n) is 7.10. The van der Waals surface area contributed by atoms with E-state index in [2.05, 4.69) is 20.9 Å². The first-order chi connectivity index (χ1) is 12.4. The van der Waals surface area contributed by atoms with Gasteiger partial charge in [0.1, 0.15) is 0 Å². The maximum absolute atomic E-state index is 11.9. The van der Waals surface area contributed by atoms with Crippen molar-refractivity contribution in [3.63, 3.8) is 0 Å². The minimum absolute atomic E-state index is 0.0218. The lowest BCUT2D eigenvalue weighted by molar-refractivity contribution is -0.128. The van der Waals surface area contributed by atoms with Crippen LogP contribution in [0.5, 0.6) is 11.5 Å². The van der Waals surface area contributed by atoms with E-state index in [4.69, 9.17) is 9.47 Å². The fraction of sp³-hybridized carbons (Fsp3) is 0.579. The van der Waals surface area contributed by atoms with E-state index in [1.54, 1.807) is 0 Å². The van der Waals surface area contributed by atoms with E-state index in [0.29, 0.717) is 32.3 Å². The molecule has 0 bridgehead atoms. The molecule has 0 aliphatic carbocycles. The number of carbonyl (C=O) groups is 1. The van der Waals surface area contributed by atoms with E-state index in [-0.39, 0.29) is 5.91 Å². The van der Waals surface area contributed by atoms with Gasteiger partial charge < -0.3 is 25.4 Å². The quantitative estimate of drug-likeness (QED) is 0.425. The molecule has 7 nitrogen and oxygen atoms in total. The molecule has 144 valence electrons. The van der Waals surface area contributed by atoms with Gasteiger partial charge in [0.25, 0.3) is 0 Å². The Balaban J connectivity index is 1.94. The summed E-state index contributed by atoms with van der Waals surface area (Å²) >= 11 is 0. The highest BCUT2D eigenvalue weighted by Gasteiger charge is 2.20. The molecule has 0 spiro atoms. The number of amides is 1. The van der Waals surface area contributed by atoms with Gasteiger partial charge >= 0.3 is 0 Å². The van der Waals surface area contributed by atoms with E-state index in [1.807, 2.05) is 45.9 Å². The normalized spacial score (nSPS) is 14.4. The zero-order chi connectivity index (χ0) is 19.0. The van der Waals surface area contributed by atoms with Gasteiger partial charge in [-0.3, -0.25) is 9.79 Å². The van der Waals surface area contributed by atoms with Gasteiger partial charge in [0.15, 0.2) is 17.5 Å². The SMILES string of the molecule is CCNC(=NCCNC(=O)C(C)(C)C)Nc1ccc2c(c1)OCCCO2. The summed E-state index contributed by atoms with van der Waals surface area (Å²) in [6.45, 7) is 10.7. The Labute approximate surface area is 155 Å². The maximum Gasteiger partial charge on any atom is 0.225 e.